The largest absolute Gasteiger partial charge is 2.00 e. The molecule has 0 aromatic carbocycles. The van der Waals surface area contributed by atoms with Gasteiger partial charge in [-0.3, -0.25) is 0 Å². The first-order valence-corrected chi connectivity index (χ1v) is 0.612. The van der Waals surface area contributed by atoms with Crippen LogP contribution in [-0.2, 0) is 33.6 Å². The summed E-state index contributed by atoms with van der Waals surface area (Å²) in [5.41, 5.74) is 0. The molecule has 0 aliphatic rings. The van der Waals surface area contributed by atoms with E-state index in [1.54, 1.807) is 0 Å². The van der Waals surface area contributed by atoms with Crippen molar-refractivity contribution < 1.29 is 66.4 Å². The summed E-state index contributed by atoms with van der Waals surface area (Å²) in [6.45, 7) is 0. The van der Waals surface area contributed by atoms with Crippen LogP contribution >= 0.6 is 0 Å². The van der Waals surface area contributed by atoms with E-state index in [1.165, 1.54) is 0 Å². The van der Waals surface area contributed by atoms with Gasteiger partial charge < -0.3 is 32.9 Å². The van der Waals surface area contributed by atoms with Crippen molar-refractivity contribution in [3.8, 4) is 0 Å². The van der Waals surface area contributed by atoms with E-state index in [2.05, 4.69) is 0 Å². The molecule has 0 saturated carbocycles. The molecular formula is CHClCo2O4. The van der Waals surface area contributed by atoms with Crippen LogP contribution in [0.1, 0.15) is 0 Å². The number of carbonyl (C=O) groups is 1. The average molecular weight is 230 g/mol. The third-order valence-corrected chi connectivity index (χ3v) is 0. The van der Waals surface area contributed by atoms with Crippen LogP contribution < -0.4 is 22.6 Å². The second kappa shape index (κ2) is 25.8. The topological polar surface area (TPSA) is 93.2 Å². The smallest absolute Gasteiger partial charge is 1.00 e. The molecular weight excluding hydrogens is 229 g/mol. The van der Waals surface area contributed by atoms with E-state index in [-0.39, 0.29) is 51.4 Å². The average Bonchev–Trinajstić information content (AvgIpc) is 0.811. The molecule has 0 fully saturated rings. The summed E-state index contributed by atoms with van der Waals surface area (Å²) in [6.07, 6.45) is -2.33. The molecule has 4 nitrogen and oxygen atoms in total. The van der Waals surface area contributed by atoms with Gasteiger partial charge in [0.2, 0.25) is 0 Å². The molecule has 0 spiro atoms. The molecule has 0 aliphatic carbocycles. The van der Waals surface area contributed by atoms with Crippen molar-refractivity contribution in [2.75, 3.05) is 0 Å². The zero-order valence-electron chi connectivity index (χ0n) is 3.22. The fourth-order valence-corrected chi connectivity index (χ4v) is 0. The minimum atomic E-state index is -2.33. The third kappa shape index (κ3) is 704. The van der Waals surface area contributed by atoms with Crippen molar-refractivity contribution in [2.24, 2.45) is 0 Å². The van der Waals surface area contributed by atoms with Gasteiger partial charge in [-0.05, 0) is 6.16 Å². The van der Waals surface area contributed by atoms with Gasteiger partial charge in [-0.1, -0.05) is 0 Å². The zero-order chi connectivity index (χ0) is 3.58. The van der Waals surface area contributed by atoms with Crippen LogP contribution in [0.3, 0.4) is 0 Å². The Kier molecular flexibility index (Phi) is 125. The number of carbonyl (C=O) groups excluding carboxylic acids is 1. The maximum absolute atomic E-state index is 8.33. The Bertz CT molecular complexity index is 37.0. The summed E-state index contributed by atoms with van der Waals surface area (Å²) in [5.74, 6) is 0. The molecule has 0 atom stereocenters. The predicted molar refractivity (Wildman–Crippen MR) is 7.33 cm³/mol. The number of carboxylic acid groups (broad SMARTS) is 2. The fraction of sp³-hybridized carbons (Fsp3) is 0. The van der Waals surface area contributed by atoms with E-state index in [0.717, 1.165) is 0 Å². The standard InChI is InChI=1S/CH2O3.ClH.2Co.H2O/c2-1(3)4;;;;/h(H2,2,3,4);1H;;;1H2/q;;2*+2;/p-4. The maximum atomic E-state index is 8.33. The van der Waals surface area contributed by atoms with Gasteiger partial charge in [0, 0.05) is 0 Å². The predicted octanol–water partition coefficient (Wildman–Crippen LogP) is -5.62. The van der Waals surface area contributed by atoms with Crippen molar-refractivity contribution in [1.29, 1.82) is 0 Å². The third-order valence-electron chi connectivity index (χ3n) is 0. The maximum Gasteiger partial charge on any atom is 2.00 e. The van der Waals surface area contributed by atoms with Gasteiger partial charge in [-0.2, -0.15) is 0 Å². The second-order valence-electron chi connectivity index (χ2n) is 0.250. The summed E-state index contributed by atoms with van der Waals surface area (Å²) < 4.78 is 0. The van der Waals surface area contributed by atoms with Gasteiger partial charge in [-0.15, -0.1) is 0 Å². The summed E-state index contributed by atoms with van der Waals surface area (Å²) in [6, 6.07) is 0. The fourth-order valence-electron chi connectivity index (χ4n) is 0. The minimum Gasteiger partial charge on any atom is -1.00 e. The van der Waals surface area contributed by atoms with Crippen LogP contribution in [0.4, 0.5) is 4.79 Å². The molecule has 0 aromatic heterocycles. The SMILES string of the molecule is O=C([O-])[O-].[Cl-].[Co+2].[Co+2].[OH-]. The summed E-state index contributed by atoms with van der Waals surface area (Å²) >= 11 is 0. The zero-order valence-corrected chi connectivity index (χ0v) is 6.05. The Morgan fingerprint density at radius 2 is 1.12 bits per heavy atom. The van der Waals surface area contributed by atoms with Crippen LogP contribution in [0, 0.1) is 0 Å². The van der Waals surface area contributed by atoms with Crippen molar-refractivity contribution in [1.82, 2.24) is 0 Å². The van der Waals surface area contributed by atoms with Gasteiger partial charge in [0.05, 0.1) is 0 Å². The van der Waals surface area contributed by atoms with Gasteiger partial charge in [0.25, 0.3) is 0 Å². The van der Waals surface area contributed by atoms with E-state index in [9.17, 15) is 0 Å². The first kappa shape index (κ1) is 38.8. The van der Waals surface area contributed by atoms with Crippen LogP contribution in [-0.4, -0.2) is 11.6 Å². The van der Waals surface area contributed by atoms with Gasteiger partial charge >= 0.3 is 33.6 Å². The minimum absolute atomic E-state index is 0. The molecule has 7 heteroatoms. The molecule has 0 aromatic rings. The van der Waals surface area contributed by atoms with Gasteiger partial charge in [-0.25, -0.2) is 0 Å². The summed E-state index contributed by atoms with van der Waals surface area (Å²) in [5, 5.41) is 16.7. The van der Waals surface area contributed by atoms with Crippen LogP contribution in [0.2, 0.25) is 0 Å². The Labute approximate surface area is 72.8 Å². The molecule has 0 unspecified atom stereocenters. The Balaban J connectivity index is -0.00000000750. The molecule has 8 heavy (non-hydrogen) atoms. The van der Waals surface area contributed by atoms with Crippen molar-refractivity contribution in [3.05, 3.63) is 0 Å². The van der Waals surface area contributed by atoms with E-state index < -0.39 is 6.16 Å². The summed E-state index contributed by atoms with van der Waals surface area (Å²) in [4.78, 5) is 8.33. The number of hydrogen-bond donors (Lipinski definition) is 0. The Hall–Kier alpha value is 0.533. The first-order chi connectivity index (χ1) is 1.73. The first-order valence-electron chi connectivity index (χ1n) is 0.612. The van der Waals surface area contributed by atoms with Crippen LogP contribution in [0.25, 0.3) is 0 Å². The van der Waals surface area contributed by atoms with Gasteiger partial charge in [0.15, 0.2) is 0 Å². The Morgan fingerprint density at radius 3 is 1.12 bits per heavy atom. The molecule has 0 amide bonds. The van der Waals surface area contributed by atoms with E-state index in [4.69, 9.17) is 15.0 Å². The van der Waals surface area contributed by atoms with Crippen LogP contribution in [0.15, 0.2) is 0 Å². The molecule has 1 N–H and O–H groups in total. The molecule has 0 aliphatic heterocycles. The molecule has 54 valence electrons. The quantitative estimate of drug-likeness (QED) is 0.415. The van der Waals surface area contributed by atoms with Crippen molar-refractivity contribution in [2.45, 2.75) is 0 Å². The molecule has 0 bridgehead atoms. The molecule has 0 rings (SSSR count). The Morgan fingerprint density at radius 1 is 1.12 bits per heavy atom. The monoisotopic (exact) mass is 230 g/mol. The van der Waals surface area contributed by atoms with E-state index in [1.807, 2.05) is 0 Å². The van der Waals surface area contributed by atoms with E-state index in [0.29, 0.717) is 0 Å². The molecule has 2 radical (unpaired) electrons. The van der Waals surface area contributed by atoms with Crippen LogP contribution in [0.5, 0.6) is 0 Å². The van der Waals surface area contributed by atoms with Crippen molar-refractivity contribution in [3.63, 3.8) is 0 Å². The van der Waals surface area contributed by atoms with Gasteiger partial charge in [0.1, 0.15) is 0 Å². The molecule has 0 heterocycles. The second-order valence-corrected chi connectivity index (χ2v) is 0.250. The normalized spacial score (nSPS) is 3.00. The molecule has 0 saturated heterocycles. The summed E-state index contributed by atoms with van der Waals surface area (Å²) in [7, 11) is 0. The number of hydrogen-bond acceptors (Lipinski definition) is 4. The number of rotatable bonds is 0. The van der Waals surface area contributed by atoms with E-state index >= 15 is 0 Å². The number of halogens is 1. The van der Waals surface area contributed by atoms with Crippen molar-refractivity contribution >= 4 is 6.16 Å².